The van der Waals surface area contributed by atoms with Crippen molar-refractivity contribution >= 4 is 16.0 Å². The van der Waals surface area contributed by atoms with Gasteiger partial charge in [-0.3, -0.25) is 4.79 Å². The molecule has 0 bridgehead atoms. The number of rotatable bonds is 5. The van der Waals surface area contributed by atoms with Gasteiger partial charge in [-0.1, -0.05) is 12.1 Å². The summed E-state index contributed by atoms with van der Waals surface area (Å²) in [4.78, 5) is 11.4. The highest BCUT2D eigenvalue weighted by atomic mass is 32.2. The monoisotopic (exact) mass is 311 g/mol. The van der Waals surface area contributed by atoms with Gasteiger partial charge in [0.1, 0.15) is 0 Å². The third-order valence-electron chi connectivity index (χ3n) is 4.39. The smallest absolute Gasteiger partial charge is 0.314 e. The molecule has 1 saturated carbocycles. The number of hydrogen-bond acceptors (Lipinski definition) is 4. The molecule has 1 heterocycles. The average Bonchev–Trinajstić information content (AvgIpc) is 3.19. The van der Waals surface area contributed by atoms with Crippen molar-refractivity contribution in [3.63, 3.8) is 0 Å². The molecule has 1 aromatic carbocycles. The number of aliphatic hydroxyl groups excluding tert-OH is 1. The first kappa shape index (κ1) is 14.5. The van der Waals surface area contributed by atoms with Crippen LogP contribution in [0.1, 0.15) is 18.4 Å². The van der Waals surface area contributed by atoms with Crippen molar-refractivity contribution in [3.8, 4) is 0 Å². The van der Waals surface area contributed by atoms with E-state index in [1.54, 1.807) is 12.1 Å². The number of carbonyl (C=O) groups is 1. The molecule has 2 aliphatic rings. The Kier molecular flexibility index (Phi) is 3.31. The summed E-state index contributed by atoms with van der Waals surface area (Å²) in [7, 11) is -3.53. The Morgan fingerprint density at radius 3 is 2.24 bits per heavy atom. The van der Waals surface area contributed by atoms with Crippen LogP contribution in [0.2, 0.25) is 0 Å². The number of benzene rings is 1. The maximum atomic E-state index is 12.3. The molecule has 0 spiro atoms. The number of aliphatic hydroxyl groups is 1. The Morgan fingerprint density at radius 2 is 1.81 bits per heavy atom. The number of hydrogen-bond donors (Lipinski definition) is 2. The summed E-state index contributed by atoms with van der Waals surface area (Å²) in [5, 5.41) is 18.2. The summed E-state index contributed by atoms with van der Waals surface area (Å²) < 4.78 is 26.0. The fourth-order valence-corrected chi connectivity index (χ4v) is 4.27. The van der Waals surface area contributed by atoms with E-state index in [0.29, 0.717) is 31.5 Å². The van der Waals surface area contributed by atoms with E-state index in [0.717, 1.165) is 0 Å². The van der Waals surface area contributed by atoms with Crippen LogP contribution in [-0.2, 0) is 20.2 Å². The Labute approximate surface area is 123 Å². The van der Waals surface area contributed by atoms with Crippen LogP contribution >= 0.6 is 0 Å². The lowest BCUT2D eigenvalue weighted by atomic mass is 9.96. The molecule has 0 aromatic heterocycles. The fourth-order valence-electron chi connectivity index (χ4n) is 2.68. The van der Waals surface area contributed by atoms with E-state index in [1.165, 1.54) is 16.4 Å². The number of carboxylic acids is 1. The zero-order valence-electron chi connectivity index (χ0n) is 11.4. The number of aliphatic carboxylic acids is 1. The van der Waals surface area contributed by atoms with Crippen molar-refractivity contribution in [1.29, 1.82) is 0 Å². The van der Waals surface area contributed by atoms with Crippen LogP contribution in [0.25, 0.3) is 0 Å². The van der Waals surface area contributed by atoms with Crippen LogP contribution in [0.4, 0.5) is 0 Å². The highest BCUT2D eigenvalue weighted by Crippen LogP contribution is 2.48. The van der Waals surface area contributed by atoms with E-state index in [9.17, 15) is 18.3 Å². The molecular weight excluding hydrogens is 294 g/mol. The summed E-state index contributed by atoms with van der Waals surface area (Å²) >= 11 is 0. The summed E-state index contributed by atoms with van der Waals surface area (Å²) in [6.07, 6.45) is 1.19. The molecule has 21 heavy (non-hydrogen) atoms. The van der Waals surface area contributed by atoms with Crippen molar-refractivity contribution in [2.75, 3.05) is 19.7 Å². The van der Waals surface area contributed by atoms with Crippen LogP contribution in [0.15, 0.2) is 29.2 Å². The second-order valence-electron chi connectivity index (χ2n) is 5.78. The first-order valence-corrected chi connectivity index (χ1v) is 8.29. The Balaban J connectivity index is 1.80. The van der Waals surface area contributed by atoms with E-state index >= 15 is 0 Å². The lowest BCUT2D eigenvalue weighted by Crippen LogP contribution is -2.51. The van der Waals surface area contributed by atoms with Gasteiger partial charge in [-0.05, 0) is 30.5 Å². The fraction of sp³-hybridized carbons (Fsp3) is 0.500. The van der Waals surface area contributed by atoms with Gasteiger partial charge in [-0.15, -0.1) is 0 Å². The van der Waals surface area contributed by atoms with Gasteiger partial charge in [0.2, 0.25) is 10.0 Å². The largest absolute Gasteiger partial charge is 0.481 e. The minimum atomic E-state index is -3.53. The van der Waals surface area contributed by atoms with Gasteiger partial charge < -0.3 is 10.2 Å². The van der Waals surface area contributed by atoms with Gasteiger partial charge in [-0.25, -0.2) is 8.42 Å². The van der Waals surface area contributed by atoms with E-state index < -0.39 is 21.4 Å². The molecule has 0 radical (unpaired) electrons. The molecule has 1 saturated heterocycles. The lowest BCUT2D eigenvalue weighted by Gasteiger charge is -2.36. The summed E-state index contributed by atoms with van der Waals surface area (Å²) in [6, 6.07) is 6.13. The minimum absolute atomic E-state index is 0.00785. The molecule has 114 valence electrons. The summed E-state index contributed by atoms with van der Waals surface area (Å²) in [5.41, 5.74) is -0.160. The third-order valence-corrected chi connectivity index (χ3v) is 6.23. The quantitative estimate of drug-likeness (QED) is 0.821. The van der Waals surface area contributed by atoms with E-state index in [4.69, 9.17) is 5.11 Å². The first-order chi connectivity index (χ1) is 9.90. The summed E-state index contributed by atoms with van der Waals surface area (Å²) in [6.45, 7) is 0.658. The van der Waals surface area contributed by atoms with E-state index in [2.05, 4.69) is 0 Å². The van der Waals surface area contributed by atoms with Crippen molar-refractivity contribution in [1.82, 2.24) is 4.31 Å². The lowest BCUT2D eigenvalue weighted by molar-refractivity contribution is -0.140. The molecule has 2 fully saturated rings. The van der Waals surface area contributed by atoms with Crippen LogP contribution in [0.5, 0.6) is 0 Å². The number of carboxylic acid groups (broad SMARTS) is 1. The highest BCUT2D eigenvalue weighted by molar-refractivity contribution is 7.89. The standard InChI is InChI=1S/C14H17NO5S/c16-9-10-7-15(8-10)21(19,20)12-3-1-11(2-4-12)14(5-6-14)13(17)18/h1-4,10,16H,5-9H2,(H,17,18). The van der Waals surface area contributed by atoms with Crippen LogP contribution < -0.4 is 0 Å². The molecule has 0 atom stereocenters. The Bertz CT molecular complexity index is 657. The molecule has 0 amide bonds. The van der Waals surface area contributed by atoms with E-state index in [1.807, 2.05) is 0 Å². The SMILES string of the molecule is O=C(O)C1(c2ccc(S(=O)(=O)N3CC(CO)C3)cc2)CC1. The number of sulfonamides is 1. The minimum Gasteiger partial charge on any atom is -0.481 e. The maximum absolute atomic E-state index is 12.3. The second kappa shape index (κ2) is 4.79. The zero-order valence-corrected chi connectivity index (χ0v) is 12.2. The first-order valence-electron chi connectivity index (χ1n) is 6.85. The van der Waals surface area contributed by atoms with Crippen molar-refractivity contribution in [3.05, 3.63) is 29.8 Å². The van der Waals surface area contributed by atoms with Gasteiger partial charge in [-0.2, -0.15) is 4.31 Å². The van der Waals surface area contributed by atoms with Gasteiger partial charge in [0.05, 0.1) is 10.3 Å². The van der Waals surface area contributed by atoms with Gasteiger partial charge in [0, 0.05) is 25.6 Å². The average molecular weight is 311 g/mol. The second-order valence-corrected chi connectivity index (χ2v) is 7.72. The summed E-state index contributed by atoms with van der Waals surface area (Å²) in [5.74, 6) is -0.840. The molecule has 6 nitrogen and oxygen atoms in total. The molecular formula is C14H17NO5S. The molecule has 1 aliphatic heterocycles. The normalized spacial score (nSPS) is 21.8. The number of nitrogens with zero attached hydrogens (tertiary/aromatic N) is 1. The maximum Gasteiger partial charge on any atom is 0.314 e. The molecule has 2 N–H and O–H groups in total. The van der Waals surface area contributed by atoms with E-state index in [-0.39, 0.29) is 17.4 Å². The highest BCUT2D eigenvalue weighted by Gasteiger charge is 2.51. The van der Waals surface area contributed by atoms with Crippen molar-refractivity contribution in [2.45, 2.75) is 23.2 Å². The topological polar surface area (TPSA) is 94.9 Å². The zero-order chi connectivity index (χ0) is 15.3. The van der Waals surface area contributed by atoms with Gasteiger partial charge >= 0.3 is 5.97 Å². The van der Waals surface area contributed by atoms with Gasteiger partial charge in [0.25, 0.3) is 0 Å². The molecule has 7 heteroatoms. The van der Waals surface area contributed by atoms with Gasteiger partial charge in [0.15, 0.2) is 0 Å². The predicted molar refractivity (Wildman–Crippen MR) is 74.3 cm³/mol. The third kappa shape index (κ3) is 2.25. The molecule has 0 unspecified atom stereocenters. The van der Waals surface area contributed by atoms with Crippen LogP contribution in [0.3, 0.4) is 0 Å². The van der Waals surface area contributed by atoms with Crippen LogP contribution in [0, 0.1) is 5.92 Å². The Hall–Kier alpha value is -1.44. The van der Waals surface area contributed by atoms with Crippen LogP contribution in [-0.4, -0.2) is 48.6 Å². The van der Waals surface area contributed by atoms with Crippen molar-refractivity contribution < 1.29 is 23.4 Å². The molecule has 1 aliphatic carbocycles. The van der Waals surface area contributed by atoms with Crippen molar-refractivity contribution in [2.24, 2.45) is 5.92 Å². The molecule has 3 rings (SSSR count). The Morgan fingerprint density at radius 1 is 1.24 bits per heavy atom. The molecule has 1 aromatic rings. The predicted octanol–water partition coefficient (Wildman–Crippen LogP) is 0.416.